The Morgan fingerprint density at radius 1 is 1.25 bits per heavy atom. The SMILES string of the molecule is CCOC(=O)c1nn([C@H]2CCCCO2)c(C)c1-c1cc(OCCOC)cc(C(F)(F)F)c1. The predicted molar refractivity (Wildman–Crippen MR) is 110 cm³/mol. The van der Waals surface area contributed by atoms with E-state index < -0.39 is 23.9 Å². The maximum absolute atomic E-state index is 13.6. The predicted octanol–water partition coefficient (Wildman–Crippen LogP) is 4.78. The van der Waals surface area contributed by atoms with Crippen LogP contribution in [0.4, 0.5) is 13.2 Å². The van der Waals surface area contributed by atoms with Crippen LogP contribution >= 0.6 is 0 Å². The monoisotopic (exact) mass is 456 g/mol. The van der Waals surface area contributed by atoms with Crippen LogP contribution in [0.25, 0.3) is 11.1 Å². The first-order valence-electron chi connectivity index (χ1n) is 10.5. The lowest BCUT2D eigenvalue weighted by atomic mass is 10.00. The Kier molecular flexibility index (Phi) is 7.78. The molecule has 10 heteroatoms. The van der Waals surface area contributed by atoms with Crippen LogP contribution in [0.2, 0.25) is 0 Å². The van der Waals surface area contributed by atoms with Crippen LogP contribution < -0.4 is 4.74 Å². The van der Waals surface area contributed by atoms with E-state index in [2.05, 4.69) is 5.10 Å². The highest BCUT2D eigenvalue weighted by Gasteiger charge is 2.33. The molecule has 3 rings (SSSR count). The highest BCUT2D eigenvalue weighted by atomic mass is 19.4. The van der Waals surface area contributed by atoms with Crippen molar-refractivity contribution in [3.05, 3.63) is 35.2 Å². The van der Waals surface area contributed by atoms with Crippen LogP contribution in [0.3, 0.4) is 0 Å². The van der Waals surface area contributed by atoms with E-state index in [1.807, 2.05) is 0 Å². The highest BCUT2D eigenvalue weighted by Crippen LogP contribution is 2.39. The Morgan fingerprint density at radius 2 is 2.03 bits per heavy atom. The summed E-state index contributed by atoms with van der Waals surface area (Å²) in [5.74, 6) is -0.692. The number of rotatable bonds is 8. The number of benzene rings is 1. The topological polar surface area (TPSA) is 71.8 Å². The van der Waals surface area contributed by atoms with Gasteiger partial charge in [0, 0.05) is 25.0 Å². The van der Waals surface area contributed by atoms with Crippen LogP contribution in [0, 0.1) is 6.92 Å². The highest BCUT2D eigenvalue weighted by molar-refractivity contribution is 5.96. The third-order valence-corrected chi connectivity index (χ3v) is 5.13. The lowest BCUT2D eigenvalue weighted by molar-refractivity contribution is -0.137. The van der Waals surface area contributed by atoms with E-state index in [0.29, 0.717) is 18.7 Å². The van der Waals surface area contributed by atoms with Gasteiger partial charge in [-0.3, -0.25) is 0 Å². The Morgan fingerprint density at radius 3 is 2.66 bits per heavy atom. The number of aromatic nitrogens is 2. The van der Waals surface area contributed by atoms with Crippen molar-refractivity contribution < 1.29 is 36.9 Å². The van der Waals surface area contributed by atoms with Crippen molar-refractivity contribution >= 4 is 5.97 Å². The van der Waals surface area contributed by atoms with E-state index >= 15 is 0 Å². The zero-order valence-corrected chi connectivity index (χ0v) is 18.3. The summed E-state index contributed by atoms with van der Waals surface area (Å²) < 4.78 is 63.7. The van der Waals surface area contributed by atoms with Gasteiger partial charge in [0.1, 0.15) is 18.6 Å². The van der Waals surface area contributed by atoms with E-state index in [0.717, 1.165) is 25.0 Å². The maximum atomic E-state index is 13.6. The first-order valence-corrected chi connectivity index (χ1v) is 10.5. The number of hydrogen-bond acceptors (Lipinski definition) is 6. The minimum Gasteiger partial charge on any atom is -0.491 e. The first-order chi connectivity index (χ1) is 15.3. The van der Waals surface area contributed by atoms with Gasteiger partial charge >= 0.3 is 12.1 Å². The maximum Gasteiger partial charge on any atom is 0.416 e. The minimum absolute atomic E-state index is 0.0164. The molecule has 1 aromatic heterocycles. The molecular weight excluding hydrogens is 429 g/mol. The fraction of sp³-hybridized carbons (Fsp3) is 0.545. The van der Waals surface area contributed by atoms with Gasteiger partial charge in [0.2, 0.25) is 0 Å². The fourth-order valence-electron chi connectivity index (χ4n) is 3.64. The largest absolute Gasteiger partial charge is 0.491 e. The van der Waals surface area contributed by atoms with Crippen LogP contribution in [0.1, 0.15) is 54.2 Å². The molecule has 7 nitrogen and oxygen atoms in total. The van der Waals surface area contributed by atoms with Crippen LogP contribution in [-0.4, -0.2) is 49.3 Å². The van der Waals surface area contributed by atoms with Crippen molar-refractivity contribution in [3.8, 4) is 16.9 Å². The van der Waals surface area contributed by atoms with Crippen molar-refractivity contribution in [1.82, 2.24) is 9.78 Å². The molecule has 0 spiro atoms. The molecule has 1 aliphatic rings. The lowest BCUT2D eigenvalue weighted by Gasteiger charge is -2.24. The number of carbonyl (C=O) groups excluding carboxylic acids is 1. The molecule has 0 aliphatic carbocycles. The molecule has 0 bridgehead atoms. The third kappa shape index (κ3) is 5.42. The van der Waals surface area contributed by atoms with Crippen molar-refractivity contribution in [1.29, 1.82) is 0 Å². The molecule has 0 saturated carbocycles. The molecule has 1 aromatic carbocycles. The van der Waals surface area contributed by atoms with E-state index in [-0.39, 0.29) is 42.4 Å². The quantitative estimate of drug-likeness (QED) is 0.421. The average molecular weight is 456 g/mol. The molecule has 0 unspecified atom stereocenters. The first kappa shape index (κ1) is 24.1. The number of methoxy groups -OCH3 is 1. The number of carbonyl (C=O) groups is 1. The summed E-state index contributed by atoms with van der Waals surface area (Å²) in [6.07, 6.45) is -2.46. The summed E-state index contributed by atoms with van der Waals surface area (Å²) in [6, 6.07) is 3.37. The van der Waals surface area contributed by atoms with Crippen LogP contribution in [0.5, 0.6) is 5.75 Å². The number of hydrogen-bond donors (Lipinski definition) is 0. The van der Waals surface area contributed by atoms with Gasteiger partial charge in [0.15, 0.2) is 5.69 Å². The van der Waals surface area contributed by atoms with E-state index in [4.69, 9.17) is 18.9 Å². The fourth-order valence-corrected chi connectivity index (χ4v) is 3.64. The molecule has 0 N–H and O–H groups in total. The molecule has 1 fully saturated rings. The van der Waals surface area contributed by atoms with Gasteiger partial charge in [-0.1, -0.05) is 0 Å². The van der Waals surface area contributed by atoms with Gasteiger partial charge in [0.05, 0.1) is 18.8 Å². The van der Waals surface area contributed by atoms with Gasteiger partial charge in [-0.25, -0.2) is 9.48 Å². The van der Waals surface area contributed by atoms with Crippen molar-refractivity contribution in [3.63, 3.8) is 0 Å². The molecule has 0 amide bonds. The summed E-state index contributed by atoms with van der Waals surface area (Å²) in [7, 11) is 1.47. The Bertz CT molecular complexity index is 936. The number of nitrogens with zero attached hydrogens (tertiary/aromatic N) is 2. The van der Waals surface area contributed by atoms with Crippen molar-refractivity contribution in [2.75, 3.05) is 33.5 Å². The van der Waals surface area contributed by atoms with Crippen molar-refractivity contribution in [2.45, 2.75) is 45.5 Å². The minimum atomic E-state index is -4.60. The molecular formula is C22H27F3N2O5. The zero-order chi connectivity index (χ0) is 23.3. The van der Waals surface area contributed by atoms with Gasteiger partial charge in [-0.05, 0) is 56.9 Å². The van der Waals surface area contributed by atoms with E-state index in [9.17, 15) is 18.0 Å². The number of alkyl halides is 3. The molecule has 1 saturated heterocycles. The molecule has 2 aromatic rings. The standard InChI is InChI=1S/C22H27F3N2O5/c1-4-30-21(28)20-19(14(2)27(26-20)18-7-5-6-8-32-18)15-11-16(22(23,24)25)13-17(12-15)31-10-9-29-3/h11-13,18H,4-10H2,1-3H3/t18-/m1/s1. The Hall–Kier alpha value is -2.59. The summed E-state index contributed by atoms with van der Waals surface area (Å²) in [6.45, 7) is 4.31. The van der Waals surface area contributed by atoms with E-state index in [1.165, 1.54) is 13.2 Å². The van der Waals surface area contributed by atoms with Gasteiger partial charge in [-0.15, -0.1) is 0 Å². The summed E-state index contributed by atoms with van der Waals surface area (Å²) >= 11 is 0. The normalized spacial score (nSPS) is 16.8. The molecule has 2 heterocycles. The Balaban J connectivity index is 2.14. The Labute approximate surface area is 184 Å². The van der Waals surface area contributed by atoms with Crippen molar-refractivity contribution in [2.24, 2.45) is 0 Å². The molecule has 1 aliphatic heterocycles. The smallest absolute Gasteiger partial charge is 0.416 e. The average Bonchev–Trinajstić information content (AvgIpc) is 3.11. The number of halogens is 3. The van der Waals surface area contributed by atoms with Gasteiger partial charge in [-0.2, -0.15) is 18.3 Å². The molecule has 32 heavy (non-hydrogen) atoms. The molecule has 176 valence electrons. The third-order valence-electron chi connectivity index (χ3n) is 5.13. The van der Waals surface area contributed by atoms with E-state index in [1.54, 1.807) is 18.5 Å². The summed E-state index contributed by atoms with van der Waals surface area (Å²) in [5.41, 5.74) is -0.00345. The number of ether oxygens (including phenoxy) is 4. The summed E-state index contributed by atoms with van der Waals surface area (Å²) in [4.78, 5) is 12.7. The molecule has 0 radical (unpaired) electrons. The van der Waals surface area contributed by atoms with Crippen LogP contribution in [-0.2, 0) is 20.4 Å². The second-order valence-electron chi connectivity index (χ2n) is 7.38. The molecule has 1 atom stereocenters. The second kappa shape index (κ2) is 10.4. The van der Waals surface area contributed by atoms with Gasteiger partial charge in [0.25, 0.3) is 0 Å². The lowest BCUT2D eigenvalue weighted by Crippen LogP contribution is -2.20. The number of esters is 1. The van der Waals surface area contributed by atoms with Crippen LogP contribution in [0.15, 0.2) is 18.2 Å². The van der Waals surface area contributed by atoms with Gasteiger partial charge < -0.3 is 18.9 Å². The summed E-state index contributed by atoms with van der Waals surface area (Å²) in [5, 5.41) is 4.40. The zero-order valence-electron chi connectivity index (χ0n) is 18.3. The second-order valence-corrected chi connectivity index (χ2v) is 7.38.